The number of nitrogens with one attached hydrogen (secondary N) is 2. The number of amides is 2. The average Bonchev–Trinajstić information content (AvgIpc) is 2.71. The van der Waals surface area contributed by atoms with E-state index in [1.54, 1.807) is 24.3 Å². The Morgan fingerprint density at radius 3 is 1.72 bits per heavy atom. The van der Waals surface area contributed by atoms with Gasteiger partial charge in [-0.1, -0.05) is 0 Å². The Bertz CT molecular complexity index is 870. The highest BCUT2D eigenvalue weighted by Crippen LogP contribution is 2.30. The van der Waals surface area contributed by atoms with Crippen molar-refractivity contribution in [2.45, 2.75) is 26.9 Å². The number of methoxy groups -OCH3 is 3. The fourth-order valence-electron chi connectivity index (χ4n) is 2.64. The normalized spacial score (nSPS) is 10.3. The van der Waals surface area contributed by atoms with E-state index in [4.69, 9.17) is 18.9 Å². The maximum atomic E-state index is 12.4. The van der Waals surface area contributed by atoms with Crippen LogP contribution in [0.3, 0.4) is 0 Å². The van der Waals surface area contributed by atoms with E-state index in [-0.39, 0.29) is 11.7 Å². The summed E-state index contributed by atoms with van der Waals surface area (Å²) in [5, 5.41) is 0. The highest BCUT2D eigenvalue weighted by molar-refractivity contribution is 5.99. The van der Waals surface area contributed by atoms with Gasteiger partial charge in [0.15, 0.2) is 11.5 Å². The fourth-order valence-corrected chi connectivity index (χ4v) is 2.64. The zero-order chi connectivity index (χ0) is 21.6. The van der Waals surface area contributed by atoms with Gasteiger partial charge in [0, 0.05) is 16.7 Å². The molecule has 0 spiro atoms. The van der Waals surface area contributed by atoms with Gasteiger partial charge in [0.1, 0.15) is 11.5 Å². The van der Waals surface area contributed by atoms with E-state index in [0.717, 1.165) is 5.56 Å². The molecule has 0 aliphatic rings. The Hall–Kier alpha value is -3.42. The zero-order valence-electron chi connectivity index (χ0n) is 17.4. The monoisotopic (exact) mass is 402 g/mol. The van der Waals surface area contributed by atoms with Crippen molar-refractivity contribution in [1.29, 1.82) is 0 Å². The quantitative estimate of drug-likeness (QED) is 0.692. The van der Waals surface area contributed by atoms with Gasteiger partial charge in [0.25, 0.3) is 11.8 Å². The maximum absolute atomic E-state index is 12.4. The summed E-state index contributed by atoms with van der Waals surface area (Å²) in [5.74, 6) is 0.950. The lowest BCUT2D eigenvalue weighted by Gasteiger charge is -2.15. The molecule has 0 saturated carbocycles. The van der Waals surface area contributed by atoms with E-state index in [1.807, 2.05) is 20.8 Å². The first-order valence-electron chi connectivity index (χ1n) is 8.98. The van der Waals surface area contributed by atoms with Crippen LogP contribution in [0.2, 0.25) is 0 Å². The van der Waals surface area contributed by atoms with Gasteiger partial charge in [-0.15, -0.1) is 0 Å². The van der Waals surface area contributed by atoms with E-state index < -0.39 is 11.8 Å². The standard InChI is InChI=1S/C21H26N2O6/c1-12(2)29-16-8-7-14(9-19(16)28-6)20(24)22-23-21(25)15-10-17(26-4)13(3)18(11-15)27-5/h7-12H,1-6H3,(H,22,24)(H,23,25). The topological polar surface area (TPSA) is 95.1 Å². The van der Waals surface area contributed by atoms with Crippen molar-refractivity contribution >= 4 is 11.8 Å². The van der Waals surface area contributed by atoms with Crippen molar-refractivity contribution in [3.63, 3.8) is 0 Å². The minimum atomic E-state index is -0.512. The van der Waals surface area contributed by atoms with Gasteiger partial charge in [-0.2, -0.15) is 0 Å². The summed E-state index contributed by atoms with van der Waals surface area (Å²) in [7, 11) is 4.50. The predicted molar refractivity (Wildman–Crippen MR) is 108 cm³/mol. The number of benzene rings is 2. The summed E-state index contributed by atoms with van der Waals surface area (Å²) in [6.07, 6.45) is -0.0358. The number of carbonyl (C=O) groups is 2. The second-order valence-electron chi connectivity index (χ2n) is 6.45. The molecule has 0 heterocycles. The lowest BCUT2D eigenvalue weighted by Crippen LogP contribution is -2.41. The molecule has 29 heavy (non-hydrogen) atoms. The molecule has 2 aromatic carbocycles. The van der Waals surface area contributed by atoms with E-state index in [2.05, 4.69) is 10.9 Å². The van der Waals surface area contributed by atoms with Crippen LogP contribution in [-0.4, -0.2) is 39.2 Å². The van der Waals surface area contributed by atoms with Crippen LogP contribution in [-0.2, 0) is 0 Å². The third kappa shape index (κ3) is 5.31. The highest BCUT2D eigenvalue weighted by atomic mass is 16.5. The summed E-state index contributed by atoms with van der Waals surface area (Å²) in [6, 6.07) is 7.91. The minimum Gasteiger partial charge on any atom is -0.496 e. The van der Waals surface area contributed by atoms with Crippen LogP contribution < -0.4 is 29.8 Å². The molecule has 0 aromatic heterocycles. The molecule has 0 fully saturated rings. The molecular formula is C21H26N2O6. The summed E-state index contributed by atoms with van der Waals surface area (Å²) in [5.41, 5.74) is 6.12. The molecule has 8 nitrogen and oxygen atoms in total. The van der Waals surface area contributed by atoms with Crippen molar-refractivity contribution in [1.82, 2.24) is 10.9 Å². The predicted octanol–water partition coefficient (Wildman–Crippen LogP) is 2.88. The molecule has 0 unspecified atom stereocenters. The van der Waals surface area contributed by atoms with Crippen molar-refractivity contribution in [3.8, 4) is 23.0 Å². The van der Waals surface area contributed by atoms with Crippen LogP contribution in [0.15, 0.2) is 30.3 Å². The molecule has 2 N–H and O–H groups in total. The first-order valence-corrected chi connectivity index (χ1v) is 8.98. The van der Waals surface area contributed by atoms with E-state index in [9.17, 15) is 9.59 Å². The minimum absolute atomic E-state index is 0.0358. The summed E-state index contributed by atoms with van der Waals surface area (Å²) >= 11 is 0. The molecule has 156 valence electrons. The van der Waals surface area contributed by atoms with Crippen LogP contribution in [0.25, 0.3) is 0 Å². The lowest BCUT2D eigenvalue weighted by molar-refractivity contribution is 0.0846. The van der Waals surface area contributed by atoms with Gasteiger partial charge in [0.2, 0.25) is 0 Å². The van der Waals surface area contributed by atoms with Crippen LogP contribution in [0.1, 0.15) is 40.1 Å². The molecular weight excluding hydrogens is 376 g/mol. The maximum Gasteiger partial charge on any atom is 0.269 e. The van der Waals surface area contributed by atoms with Gasteiger partial charge in [0.05, 0.1) is 27.4 Å². The van der Waals surface area contributed by atoms with E-state index in [0.29, 0.717) is 28.6 Å². The molecule has 0 aliphatic carbocycles. The smallest absolute Gasteiger partial charge is 0.269 e. The van der Waals surface area contributed by atoms with Crippen molar-refractivity contribution in [2.75, 3.05) is 21.3 Å². The Kier molecular flexibility index (Phi) is 7.30. The Labute approximate surface area is 170 Å². The molecule has 0 bridgehead atoms. The number of hydrazine groups is 1. The second kappa shape index (κ2) is 9.68. The molecule has 0 radical (unpaired) electrons. The molecule has 2 amide bonds. The first kappa shape index (κ1) is 21.9. The molecule has 0 aliphatic heterocycles. The molecule has 0 atom stereocenters. The number of rotatable bonds is 7. The summed E-state index contributed by atoms with van der Waals surface area (Å²) in [4.78, 5) is 24.9. The Morgan fingerprint density at radius 2 is 1.24 bits per heavy atom. The lowest BCUT2D eigenvalue weighted by atomic mass is 10.1. The average molecular weight is 402 g/mol. The Morgan fingerprint density at radius 1 is 0.759 bits per heavy atom. The van der Waals surface area contributed by atoms with Crippen molar-refractivity contribution in [2.24, 2.45) is 0 Å². The number of hydrogen-bond donors (Lipinski definition) is 2. The summed E-state index contributed by atoms with van der Waals surface area (Å²) < 4.78 is 21.4. The van der Waals surface area contributed by atoms with Gasteiger partial charge >= 0.3 is 0 Å². The first-order chi connectivity index (χ1) is 13.8. The SMILES string of the molecule is COc1cc(C(=O)NNC(=O)c2cc(OC)c(C)c(OC)c2)ccc1OC(C)C. The molecule has 8 heteroatoms. The number of ether oxygens (including phenoxy) is 4. The van der Waals surface area contributed by atoms with Gasteiger partial charge < -0.3 is 18.9 Å². The zero-order valence-corrected chi connectivity index (χ0v) is 17.4. The molecule has 2 aromatic rings. The Balaban J connectivity index is 2.12. The third-order valence-electron chi connectivity index (χ3n) is 4.09. The second-order valence-corrected chi connectivity index (χ2v) is 6.45. The van der Waals surface area contributed by atoms with Gasteiger partial charge in [-0.05, 0) is 51.1 Å². The van der Waals surface area contributed by atoms with E-state index >= 15 is 0 Å². The molecule has 2 rings (SSSR count). The van der Waals surface area contributed by atoms with Crippen LogP contribution >= 0.6 is 0 Å². The molecule has 0 saturated heterocycles. The van der Waals surface area contributed by atoms with E-state index in [1.165, 1.54) is 27.4 Å². The number of carbonyl (C=O) groups excluding carboxylic acids is 2. The summed E-state index contributed by atoms with van der Waals surface area (Å²) in [6.45, 7) is 5.61. The van der Waals surface area contributed by atoms with Gasteiger partial charge in [-0.25, -0.2) is 0 Å². The van der Waals surface area contributed by atoms with Gasteiger partial charge in [-0.3, -0.25) is 20.4 Å². The van der Waals surface area contributed by atoms with Crippen LogP contribution in [0, 0.1) is 6.92 Å². The van der Waals surface area contributed by atoms with Crippen LogP contribution in [0.5, 0.6) is 23.0 Å². The van der Waals surface area contributed by atoms with Crippen molar-refractivity contribution < 1.29 is 28.5 Å². The number of hydrogen-bond acceptors (Lipinski definition) is 6. The highest BCUT2D eigenvalue weighted by Gasteiger charge is 2.16. The van der Waals surface area contributed by atoms with Crippen molar-refractivity contribution in [3.05, 3.63) is 47.0 Å². The fraction of sp³-hybridized carbons (Fsp3) is 0.333. The largest absolute Gasteiger partial charge is 0.496 e. The van der Waals surface area contributed by atoms with Crippen LogP contribution in [0.4, 0.5) is 0 Å². The third-order valence-corrected chi connectivity index (χ3v) is 4.09.